The highest BCUT2D eigenvalue weighted by atomic mass is 35.5. The first kappa shape index (κ1) is 29.4. The highest BCUT2D eigenvalue weighted by Gasteiger charge is 2.33. The third kappa shape index (κ3) is 7.16. The zero-order valence-electron chi connectivity index (χ0n) is 22.8. The summed E-state index contributed by atoms with van der Waals surface area (Å²) < 4.78 is 28.2. The van der Waals surface area contributed by atoms with Gasteiger partial charge in [0.25, 0.3) is 6.43 Å². The Hall–Kier alpha value is -2.55. The van der Waals surface area contributed by atoms with Gasteiger partial charge in [0.05, 0.1) is 12.3 Å². The third-order valence-electron chi connectivity index (χ3n) is 7.42. The van der Waals surface area contributed by atoms with Crippen LogP contribution in [-0.2, 0) is 6.54 Å². The molecule has 39 heavy (non-hydrogen) atoms. The van der Waals surface area contributed by atoms with Crippen LogP contribution in [0, 0.1) is 0 Å². The van der Waals surface area contributed by atoms with Crippen molar-refractivity contribution in [3.63, 3.8) is 0 Å². The molecule has 1 unspecified atom stereocenters. The molecule has 2 fully saturated rings. The molecule has 0 aliphatic carbocycles. The molecule has 0 N–H and O–H groups in total. The molecule has 3 aliphatic rings. The molecule has 0 saturated carbocycles. The molecule has 1 atom stereocenters. The van der Waals surface area contributed by atoms with E-state index in [1.54, 1.807) is 0 Å². The highest BCUT2D eigenvalue weighted by molar-refractivity contribution is 8.15. The molecule has 5 rings (SSSR count). The van der Waals surface area contributed by atoms with E-state index >= 15 is 0 Å². The Morgan fingerprint density at radius 2 is 1.79 bits per heavy atom. The van der Waals surface area contributed by atoms with Crippen molar-refractivity contribution in [1.29, 1.82) is 0 Å². The standard InChI is InChI=1S/C28H32ClF2N5S.C2H6/c1-3-34-18-24(19-34)35-13-11-25(12-14-35)37(2)36(23-6-4-5-22(29)15-23)17-20-7-9-21(10-8-20)26-16-27(28(30)31)33-32-26;1-2/h3-10,15,24-25,28H,1-2,11-14,16-19H2;1-2H3. The fraction of sp³-hybridized carbons (Fsp3) is 0.433. The average Bonchev–Trinajstić information content (AvgIpc) is 3.44. The van der Waals surface area contributed by atoms with Crippen LogP contribution >= 0.6 is 22.3 Å². The summed E-state index contributed by atoms with van der Waals surface area (Å²) in [7, 11) is -0.246. The lowest BCUT2D eigenvalue weighted by atomic mass is 10.0. The van der Waals surface area contributed by atoms with Gasteiger partial charge in [0, 0.05) is 41.5 Å². The van der Waals surface area contributed by atoms with Gasteiger partial charge >= 0.3 is 0 Å². The summed E-state index contributed by atoms with van der Waals surface area (Å²) in [6, 6.07) is 16.6. The summed E-state index contributed by atoms with van der Waals surface area (Å²) in [4.78, 5) is 4.88. The molecule has 5 nitrogen and oxygen atoms in total. The van der Waals surface area contributed by atoms with Crippen LogP contribution in [0.4, 0.5) is 14.5 Å². The maximum Gasteiger partial charge on any atom is 0.278 e. The molecular weight excluding hydrogens is 536 g/mol. The minimum absolute atomic E-state index is 0.0964. The van der Waals surface area contributed by atoms with Gasteiger partial charge in [-0.2, -0.15) is 10.2 Å². The Bertz CT molecular complexity index is 1200. The molecule has 2 aromatic rings. The van der Waals surface area contributed by atoms with E-state index in [2.05, 4.69) is 42.8 Å². The molecule has 0 aromatic heterocycles. The van der Waals surface area contributed by atoms with Crippen LogP contribution in [0.2, 0.25) is 5.02 Å². The van der Waals surface area contributed by atoms with Gasteiger partial charge < -0.3 is 9.21 Å². The van der Waals surface area contributed by atoms with E-state index in [1.807, 2.05) is 62.5 Å². The van der Waals surface area contributed by atoms with E-state index in [0.29, 0.717) is 28.6 Å². The molecule has 0 bridgehead atoms. The summed E-state index contributed by atoms with van der Waals surface area (Å²) in [6.07, 6.45) is 1.71. The quantitative estimate of drug-likeness (QED) is 0.300. The van der Waals surface area contributed by atoms with Gasteiger partial charge in [-0.05, 0) is 61.5 Å². The van der Waals surface area contributed by atoms with Gasteiger partial charge in [-0.15, -0.1) is 0 Å². The van der Waals surface area contributed by atoms with Gasteiger partial charge in [0.15, 0.2) is 0 Å². The number of alkyl halides is 2. The van der Waals surface area contributed by atoms with Crippen molar-refractivity contribution in [3.05, 3.63) is 77.5 Å². The van der Waals surface area contributed by atoms with Crippen LogP contribution in [0.5, 0.6) is 0 Å². The monoisotopic (exact) mass is 573 g/mol. The predicted octanol–water partition coefficient (Wildman–Crippen LogP) is 7.09. The topological polar surface area (TPSA) is 34.4 Å². The first-order chi connectivity index (χ1) is 18.9. The predicted molar refractivity (Wildman–Crippen MR) is 165 cm³/mol. The second-order valence-electron chi connectivity index (χ2n) is 9.76. The summed E-state index contributed by atoms with van der Waals surface area (Å²) in [5.74, 6) is 4.66. The summed E-state index contributed by atoms with van der Waals surface area (Å²) in [5.41, 5.74) is 3.42. The zero-order valence-corrected chi connectivity index (χ0v) is 24.3. The Kier molecular flexibility index (Phi) is 10.3. The van der Waals surface area contributed by atoms with Crippen molar-refractivity contribution >= 4 is 45.3 Å². The van der Waals surface area contributed by atoms with E-state index in [-0.39, 0.29) is 22.8 Å². The summed E-state index contributed by atoms with van der Waals surface area (Å²) in [5, 5.41) is 8.81. The zero-order chi connectivity index (χ0) is 27.9. The first-order valence-corrected chi connectivity index (χ1v) is 15.4. The number of nitrogens with zero attached hydrogens (tertiary/aromatic N) is 5. The highest BCUT2D eigenvalue weighted by Crippen LogP contribution is 2.38. The summed E-state index contributed by atoms with van der Waals surface area (Å²) in [6.45, 7) is 12.9. The van der Waals surface area contributed by atoms with Crippen molar-refractivity contribution in [1.82, 2.24) is 9.80 Å². The lowest BCUT2D eigenvalue weighted by molar-refractivity contribution is 0.0540. The molecule has 3 aliphatic heterocycles. The molecule has 210 valence electrons. The van der Waals surface area contributed by atoms with Crippen LogP contribution in [0.3, 0.4) is 0 Å². The van der Waals surface area contributed by atoms with Crippen LogP contribution in [0.1, 0.15) is 44.2 Å². The third-order valence-corrected chi connectivity index (χ3v) is 9.80. The van der Waals surface area contributed by atoms with E-state index in [4.69, 9.17) is 11.6 Å². The van der Waals surface area contributed by atoms with Gasteiger partial charge in [0.2, 0.25) is 0 Å². The molecule has 9 heteroatoms. The SMILES string of the molecule is C=CN1CC(N2CCC(S(=C)N(Cc3ccc(C4=NN=C(C(F)F)C4)cc3)c3cccc(Cl)c3)CC2)C1.CC. The minimum Gasteiger partial charge on any atom is -0.375 e. The van der Waals surface area contributed by atoms with Crippen LogP contribution < -0.4 is 4.31 Å². The Balaban J connectivity index is 0.00000172. The fourth-order valence-electron chi connectivity index (χ4n) is 5.12. The molecule has 2 saturated heterocycles. The maximum absolute atomic E-state index is 12.9. The molecule has 3 heterocycles. The normalized spacial score (nSPS) is 19.1. The van der Waals surface area contributed by atoms with Crippen LogP contribution in [0.15, 0.2) is 71.5 Å². The van der Waals surface area contributed by atoms with Crippen LogP contribution in [0.25, 0.3) is 0 Å². The average molecular weight is 574 g/mol. The Labute approximate surface area is 238 Å². The van der Waals surface area contributed by atoms with Crippen LogP contribution in [-0.4, -0.2) is 71.0 Å². The molecule has 2 aromatic carbocycles. The second-order valence-corrected chi connectivity index (χ2v) is 12.1. The lowest BCUT2D eigenvalue weighted by Crippen LogP contribution is -2.59. The summed E-state index contributed by atoms with van der Waals surface area (Å²) >= 11 is 6.37. The van der Waals surface area contributed by atoms with Gasteiger partial charge in [-0.1, -0.05) is 78.9 Å². The minimum atomic E-state index is -2.57. The van der Waals surface area contributed by atoms with Crippen molar-refractivity contribution in [3.8, 4) is 0 Å². The van der Waals surface area contributed by atoms with Crippen molar-refractivity contribution < 1.29 is 8.78 Å². The molecular formula is C30H38ClF2N5S. The van der Waals surface area contributed by atoms with E-state index in [9.17, 15) is 8.78 Å². The number of likely N-dealkylation sites (tertiary alicyclic amines) is 2. The fourth-order valence-corrected chi connectivity index (χ4v) is 7.12. The van der Waals surface area contributed by atoms with Crippen molar-refractivity contribution in [2.75, 3.05) is 30.5 Å². The number of benzene rings is 2. The molecule has 0 amide bonds. The van der Waals surface area contributed by atoms with E-state index in [1.165, 1.54) is 0 Å². The lowest BCUT2D eigenvalue weighted by Gasteiger charge is -2.48. The number of hydrogen-bond donors (Lipinski definition) is 0. The molecule has 0 radical (unpaired) electrons. The Morgan fingerprint density at radius 3 is 2.38 bits per heavy atom. The number of hydrogen-bond acceptors (Lipinski definition) is 5. The number of halogens is 3. The number of piperidine rings is 1. The smallest absolute Gasteiger partial charge is 0.278 e. The van der Waals surface area contributed by atoms with Gasteiger partial charge in [0.1, 0.15) is 5.71 Å². The number of anilines is 1. The van der Waals surface area contributed by atoms with E-state index in [0.717, 1.165) is 55.8 Å². The number of rotatable bonds is 9. The van der Waals surface area contributed by atoms with Gasteiger partial charge in [-0.3, -0.25) is 4.90 Å². The second kappa shape index (κ2) is 13.7. The molecule has 0 spiro atoms. The van der Waals surface area contributed by atoms with Crippen molar-refractivity contribution in [2.24, 2.45) is 10.2 Å². The maximum atomic E-state index is 12.9. The Morgan fingerprint density at radius 1 is 1.10 bits per heavy atom. The first-order valence-electron chi connectivity index (χ1n) is 13.6. The van der Waals surface area contributed by atoms with E-state index < -0.39 is 6.43 Å². The van der Waals surface area contributed by atoms with Gasteiger partial charge in [-0.25, -0.2) is 8.78 Å². The largest absolute Gasteiger partial charge is 0.375 e. The van der Waals surface area contributed by atoms with Crippen molar-refractivity contribution in [2.45, 2.75) is 57.4 Å².